The van der Waals surface area contributed by atoms with Crippen LogP contribution in [0.4, 0.5) is 16.3 Å². The summed E-state index contributed by atoms with van der Waals surface area (Å²) < 4.78 is 50.1. The van der Waals surface area contributed by atoms with E-state index < -0.39 is 19.9 Å². The van der Waals surface area contributed by atoms with Crippen LogP contribution in [0.2, 0.25) is 0 Å². The highest BCUT2D eigenvalue weighted by atomic mass is 32.2. The van der Waals surface area contributed by atoms with Crippen molar-refractivity contribution in [2.45, 2.75) is 31.6 Å². The average Bonchev–Trinajstić information content (AvgIpc) is 3.26. The van der Waals surface area contributed by atoms with Gasteiger partial charge in [-0.3, -0.25) is 9.62 Å². The Morgan fingerprint density at radius 3 is 2.28 bits per heavy atom. The second kappa shape index (κ2) is 10.4. The van der Waals surface area contributed by atoms with Gasteiger partial charge in [0, 0.05) is 70.0 Å². The molecule has 36 heavy (non-hydrogen) atoms. The topological polar surface area (TPSA) is 125 Å². The van der Waals surface area contributed by atoms with Crippen molar-refractivity contribution >= 4 is 37.4 Å². The Morgan fingerprint density at radius 2 is 1.67 bits per heavy atom. The lowest BCUT2D eigenvalue weighted by Gasteiger charge is -2.37. The van der Waals surface area contributed by atoms with Crippen molar-refractivity contribution in [3.05, 3.63) is 41.6 Å². The minimum absolute atomic E-state index is 0.108. The summed E-state index contributed by atoms with van der Waals surface area (Å²) in [5.74, 6) is 0.108. The van der Waals surface area contributed by atoms with Gasteiger partial charge in [-0.05, 0) is 37.0 Å². The largest absolute Gasteiger partial charge is 0.371 e. The summed E-state index contributed by atoms with van der Waals surface area (Å²) in [5.41, 5.74) is 3.52. The van der Waals surface area contributed by atoms with Crippen LogP contribution in [0.3, 0.4) is 0 Å². The highest BCUT2D eigenvalue weighted by Crippen LogP contribution is 2.28. The normalized spacial score (nSPS) is 18.4. The number of carbonyl (C=O) groups is 1. The Kier molecular flexibility index (Phi) is 7.62. The molecule has 3 heterocycles. The monoisotopic (exact) mass is 538 g/mol. The van der Waals surface area contributed by atoms with E-state index in [-0.39, 0.29) is 17.1 Å². The number of aromatic nitrogens is 2. The molecule has 1 N–H and O–H groups in total. The van der Waals surface area contributed by atoms with E-state index in [9.17, 15) is 21.6 Å². The molecule has 11 nitrogen and oxygen atoms in total. The molecule has 2 aliphatic heterocycles. The van der Waals surface area contributed by atoms with Crippen molar-refractivity contribution in [2.75, 3.05) is 61.4 Å². The van der Waals surface area contributed by atoms with E-state index in [1.54, 1.807) is 4.90 Å². The molecule has 0 radical (unpaired) electrons. The van der Waals surface area contributed by atoms with Crippen molar-refractivity contribution in [1.82, 2.24) is 19.6 Å². The fraction of sp³-hybridized carbons (Fsp3) is 0.565. The molecular weight excluding hydrogens is 504 g/mol. The second-order valence-corrected chi connectivity index (χ2v) is 13.8. The van der Waals surface area contributed by atoms with Crippen LogP contribution in [0, 0.1) is 6.92 Å². The summed E-state index contributed by atoms with van der Waals surface area (Å²) >= 11 is 0. The van der Waals surface area contributed by atoms with Gasteiger partial charge in [0.25, 0.3) is 0 Å². The van der Waals surface area contributed by atoms with Crippen molar-refractivity contribution < 1.29 is 21.6 Å². The molecule has 0 aliphatic carbocycles. The van der Waals surface area contributed by atoms with E-state index in [1.807, 2.05) is 0 Å². The lowest BCUT2D eigenvalue weighted by atomic mass is 10.0. The Labute approximate surface area is 213 Å². The summed E-state index contributed by atoms with van der Waals surface area (Å²) in [5, 5.41) is 3.76. The molecule has 13 heteroatoms. The number of piperazine rings is 1. The first kappa shape index (κ1) is 26.4. The standard InChI is InChI=1S/C23H34N6O5S2/c1-18-4-5-19(21(16-18)27-9-6-20(7-10-27)35(2,31)32)17-26-12-14-28(15-13-26)23(30)29-11-8-22(24-29)25-36(3,33)34/h4-5,8,11,16,20H,6-7,9-10,12-15,17H2,1-3H3,(H,24,25). The first-order chi connectivity index (χ1) is 16.9. The van der Waals surface area contributed by atoms with Crippen LogP contribution in [-0.2, 0) is 26.4 Å². The fourth-order valence-corrected chi connectivity index (χ4v) is 6.34. The average molecular weight is 539 g/mol. The van der Waals surface area contributed by atoms with Crippen LogP contribution < -0.4 is 9.62 Å². The summed E-state index contributed by atoms with van der Waals surface area (Å²) in [6, 6.07) is 7.58. The molecule has 0 atom stereocenters. The van der Waals surface area contributed by atoms with Gasteiger partial charge in [0.15, 0.2) is 5.82 Å². The van der Waals surface area contributed by atoms with E-state index in [0.29, 0.717) is 39.0 Å². The van der Waals surface area contributed by atoms with Gasteiger partial charge in [-0.25, -0.2) is 21.6 Å². The molecule has 0 bridgehead atoms. The van der Waals surface area contributed by atoms with Gasteiger partial charge in [0.2, 0.25) is 10.0 Å². The number of piperidine rings is 1. The molecule has 0 saturated carbocycles. The molecule has 198 valence electrons. The third kappa shape index (κ3) is 6.56. The molecule has 2 saturated heterocycles. The molecule has 0 unspecified atom stereocenters. The molecule has 2 aliphatic rings. The third-order valence-corrected chi connectivity index (χ3v) is 9.00. The number of amides is 1. The number of carbonyl (C=O) groups excluding carboxylic acids is 1. The second-order valence-electron chi connectivity index (χ2n) is 9.71. The van der Waals surface area contributed by atoms with E-state index in [1.165, 1.54) is 29.6 Å². The molecular formula is C23H34N6O5S2. The first-order valence-corrected chi connectivity index (χ1v) is 15.8. The van der Waals surface area contributed by atoms with E-state index in [0.717, 1.165) is 36.3 Å². The van der Waals surface area contributed by atoms with Crippen molar-refractivity contribution in [1.29, 1.82) is 0 Å². The minimum atomic E-state index is -3.46. The smallest absolute Gasteiger partial charge is 0.344 e. The number of anilines is 2. The Bertz CT molecular complexity index is 1310. The molecule has 1 amide bonds. The van der Waals surface area contributed by atoms with E-state index in [4.69, 9.17) is 0 Å². The Balaban J connectivity index is 1.36. The molecule has 2 aromatic rings. The van der Waals surface area contributed by atoms with Gasteiger partial charge in [-0.2, -0.15) is 4.68 Å². The first-order valence-electron chi connectivity index (χ1n) is 12.0. The van der Waals surface area contributed by atoms with E-state index in [2.05, 4.69) is 44.7 Å². The van der Waals surface area contributed by atoms with E-state index >= 15 is 0 Å². The zero-order valence-electron chi connectivity index (χ0n) is 20.9. The number of sulfone groups is 1. The summed E-state index contributed by atoms with van der Waals surface area (Å²) in [6.45, 7) is 6.72. The van der Waals surface area contributed by atoms with Gasteiger partial charge in [-0.1, -0.05) is 12.1 Å². The molecule has 2 fully saturated rings. The van der Waals surface area contributed by atoms with Gasteiger partial charge in [0.1, 0.15) is 9.84 Å². The predicted octanol–water partition coefficient (Wildman–Crippen LogP) is 1.36. The number of nitrogens with zero attached hydrogens (tertiary/aromatic N) is 5. The van der Waals surface area contributed by atoms with Gasteiger partial charge < -0.3 is 9.80 Å². The zero-order valence-corrected chi connectivity index (χ0v) is 22.6. The SMILES string of the molecule is Cc1ccc(CN2CCN(C(=O)n3ccc(NS(C)(=O)=O)n3)CC2)c(N2CCC(S(C)(=O)=O)CC2)c1. The number of hydrogen-bond acceptors (Lipinski definition) is 8. The van der Waals surface area contributed by atoms with Crippen LogP contribution in [0.15, 0.2) is 30.5 Å². The fourth-order valence-electron chi connectivity index (χ4n) is 4.78. The van der Waals surface area contributed by atoms with Crippen LogP contribution >= 0.6 is 0 Å². The highest BCUT2D eigenvalue weighted by Gasteiger charge is 2.28. The van der Waals surface area contributed by atoms with Crippen molar-refractivity contribution in [2.24, 2.45) is 0 Å². The number of rotatable bonds is 6. The summed E-state index contributed by atoms with van der Waals surface area (Å²) in [7, 11) is -6.48. The maximum atomic E-state index is 12.8. The predicted molar refractivity (Wildman–Crippen MR) is 140 cm³/mol. The zero-order chi connectivity index (χ0) is 26.1. The van der Waals surface area contributed by atoms with Gasteiger partial charge in [-0.15, -0.1) is 5.10 Å². The third-order valence-electron chi connectivity index (χ3n) is 6.74. The number of nitrogens with one attached hydrogen (secondary N) is 1. The maximum Gasteiger partial charge on any atom is 0.344 e. The Hall–Kier alpha value is -2.64. The number of aryl methyl sites for hydroxylation is 1. The van der Waals surface area contributed by atoms with Gasteiger partial charge in [0.05, 0.1) is 11.5 Å². The summed E-state index contributed by atoms with van der Waals surface area (Å²) in [4.78, 5) is 19.1. The lowest BCUT2D eigenvalue weighted by molar-refractivity contribution is 0.134. The summed E-state index contributed by atoms with van der Waals surface area (Å²) in [6.07, 6.45) is 5.09. The molecule has 1 aromatic carbocycles. The van der Waals surface area contributed by atoms with Gasteiger partial charge >= 0.3 is 6.03 Å². The maximum absolute atomic E-state index is 12.8. The number of hydrogen-bond donors (Lipinski definition) is 1. The lowest BCUT2D eigenvalue weighted by Crippen LogP contribution is -2.49. The Morgan fingerprint density at radius 1 is 1.00 bits per heavy atom. The van der Waals surface area contributed by atoms with Crippen molar-refractivity contribution in [3.8, 4) is 0 Å². The van der Waals surface area contributed by atoms with Crippen molar-refractivity contribution in [3.63, 3.8) is 0 Å². The molecule has 0 spiro atoms. The highest BCUT2D eigenvalue weighted by molar-refractivity contribution is 7.92. The van der Waals surface area contributed by atoms with Crippen LogP contribution in [0.1, 0.15) is 24.0 Å². The molecule has 1 aromatic heterocycles. The number of benzene rings is 1. The van der Waals surface area contributed by atoms with Crippen LogP contribution in [-0.4, -0.2) is 99.5 Å². The number of sulfonamides is 1. The van der Waals surface area contributed by atoms with Crippen LogP contribution in [0.25, 0.3) is 0 Å². The molecule has 4 rings (SSSR count). The quantitative estimate of drug-likeness (QED) is 0.585. The minimum Gasteiger partial charge on any atom is -0.371 e. The van der Waals surface area contributed by atoms with Crippen LogP contribution in [0.5, 0.6) is 0 Å².